The molecule has 0 fully saturated rings. The van der Waals surface area contributed by atoms with Crippen molar-refractivity contribution in [1.82, 2.24) is 4.90 Å². The highest BCUT2D eigenvalue weighted by Gasteiger charge is 2.34. The Balaban J connectivity index is 1.68. The number of hydrogen-bond acceptors (Lipinski definition) is 5. The van der Waals surface area contributed by atoms with Crippen LogP contribution in [0.1, 0.15) is 35.2 Å². The quantitative estimate of drug-likeness (QED) is 0.807. The molecule has 0 unspecified atom stereocenters. The minimum Gasteiger partial charge on any atom is -0.493 e. The largest absolute Gasteiger partial charge is 0.493 e. The van der Waals surface area contributed by atoms with E-state index in [9.17, 15) is 0 Å². The van der Waals surface area contributed by atoms with Crippen molar-refractivity contribution in [1.29, 1.82) is 0 Å². The number of nitrogens with zero attached hydrogens (tertiary/aromatic N) is 1. The molecule has 27 heavy (non-hydrogen) atoms. The third-order valence-corrected chi connectivity index (χ3v) is 5.77. The Kier molecular flexibility index (Phi) is 3.71. The molecule has 2 aromatic carbocycles. The second-order valence-electron chi connectivity index (χ2n) is 7.11. The smallest absolute Gasteiger partial charge is 0.166 e. The van der Waals surface area contributed by atoms with E-state index in [1.165, 1.54) is 28.0 Å². The van der Waals surface area contributed by atoms with Gasteiger partial charge in [-0.05, 0) is 48.7 Å². The average Bonchev–Trinajstić information content (AvgIpc) is 2.71. The molecule has 0 saturated carbocycles. The third kappa shape index (κ3) is 2.37. The maximum atomic E-state index is 5.83. The van der Waals surface area contributed by atoms with Gasteiger partial charge < -0.3 is 23.8 Å². The molecule has 0 aromatic heterocycles. The zero-order valence-corrected chi connectivity index (χ0v) is 15.9. The minimum atomic E-state index is 0.200. The summed E-state index contributed by atoms with van der Waals surface area (Å²) in [6.45, 7) is 4.41. The minimum absolute atomic E-state index is 0.200. The van der Waals surface area contributed by atoms with Crippen LogP contribution in [0.15, 0.2) is 24.3 Å². The van der Waals surface area contributed by atoms with E-state index in [0.29, 0.717) is 13.2 Å². The molecule has 0 aliphatic carbocycles. The number of fused-ring (bicyclic) bond motifs is 5. The number of benzene rings is 2. The van der Waals surface area contributed by atoms with E-state index >= 15 is 0 Å². The fourth-order valence-electron chi connectivity index (χ4n) is 4.48. The first kappa shape index (κ1) is 16.4. The van der Waals surface area contributed by atoms with Crippen molar-refractivity contribution in [3.8, 4) is 23.0 Å². The van der Waals surface area contributed by atoms with Crippen LogP contribution < -0.4 is 18.9 Å². The van der Waals surface area contributed by atoms with Crippen LogP contribution in [0.4, 0.5) is 0 Å². The van der Waals surface area contributed by atoms with Gasteiger partial charge in [-0.15, -0.1) is 0 Å². The summed E-state index contributed by atoms with van der Waals surface area (Å²) in [7, 11) is 3.39. The number of hydrogen-bond donors (Lipinski definition) is 0. The summed E-state index contributed by atoms with van der Waals surface area (Å²) < 4.78 is 22.8. The van der Waals surface area contributed by atoms with Crippen LogP contribution in [0.3, 0.4) is 0 Å². The fraction of sp³-hybridized carbons (Fsp3) is 0.364. The van der Waals surface area contributed by atoms with Crippen LogP contribution >= 0.6 is 0 Å². The van der Waals surface area contributed by atoms with Crippen molar-refractivity contribution in [2.45, 2.75) is 19.4 Å². The van der Waals surface area contributed by atoms with Gasteiger partial charge in [-0.1, -0.05) is 6.07 Å². The molecule has 2 aromatic rings. The van der Waals surface area contributed by atoms with Crippen molar-refractivity contribution < 1.29 is 18.9 Å². The van der Waals surface area contributed by atoms with E-state index in [-0.39, 0.29) is 6.04 Å². The van der Waals surface area contributed by atoms with E-state index in [1.807, 2.05) is 6.07 Å². The molecule has 0 spiro atoms. The highest BCUT2D eigenvalue weighted by molar-refractivity contribution is 5.87. The predicted molar refractivity (Wildman–Crippen MR) is 104 cm³/mol. The molecule has 0 radical (unpaired) electrons. The first-order chi connectivity index (χ1) is 13.2. The Morgan fingerprint density at radius 3 is 2.56 bits per heavy atom. The SMILES string of the molecule is COc1ccc2c(c1OC)[C@H](C)N1CCc3cc4c(cc3C1=C2)OCCO4. The van der Waals surface area contributed by atoms with Crippen molar-refractivity contribution in [2.75, 3.05) is 34.0 Å². The average molecular weight is 365 g/mol. The molecule has 5 heteroatoms. The van der Waals surface area contributed by atoms with E-state index < -0.39 is 0 Å². The molecular weight excluding hydrogens is 342 g/mol. The fourth-order valence-corrected chi connectivity index (χ4v) is 4.48. The van der Waals surface area contributed by atoms with Crippen LogP contribution in [0.25, 0.3) is 11.8 Å². The normalized spacial score (nSPS) is 19.4. The molecule has 0 amide bonds. The Hall–Kier alpha value is -2.82. The van der Waals surface area contributed by atoms with Gasteiger partial charge in [-0.2, -0.15) is 0 Å². The lowest BCUT2D eigenvalue weighted by Gasteiger charge is -2.42. The second kappa shape index (κ2) is 6.12. The number of ether oxygens (including phenoxy) is 4. The molecular formula is C22H23NO4. The second-order valence-corrected chi connectivity index (χ2v) is 7.11. The molecule has 5 rings (SSSR count). The molecule has 3 heterocycles. The van der Waals surface area contributed by atoms with Crippen molar-refractivity contribution in [2.24, 2.45) is 0 Å². The lowest BCUT2D eigenvalue weighted by molar-refractivity contribution is 0.171. The van der Waals surface area contributed by atoms with Crippen LogP contribution in [-0.2, 0) is 6.42 Å². The Morgan fingerprint density at radius 1 is 1.04 bits per heavy atom. The van der Waals surface area contributed by atoms with Crippen LogP contribution in [-0.4, -0.2) is 38.9 Å². The van der Waals surface area contributed by atoms with Gasteiger partial charge in [0, 0.05) is 23.4 Å². The van der Waals surface area contributed by atoms with Gasteiger partial charge in [-0.3, -0.25) is 0 Å². The lowest BCUT2D eigenvalue weighted by Crippen LogP contribution is -2.34. The summed E-state index contributed by atoms with van der Waals surface area (Å²) in [6, 6.07) is 8.58. The lowest BCUT2D eigenvalue weighted by atomic mass is 9.86. The van der Waals surface area contributed by atoms with Crippen LogP contribution in [0.2, 0.25) is 0 Å². The number of rotatable bonds is 2. The molecule has 1 atom stereocenters. The van der Waals surface area contributed by atoms with Crippen molar-refractivity contribution in [3.05, 3.63) is 46.5 Å². The predicted octanol–water partition coefficient (Wildman–Crippen LogP) is 3.91. The zero-order chi connectivity index (χ0) is 18.5. The van der Waals surface area contributed by atoms with Gasteiger partial charge in [-0.25, -0.2) is 0 Å². The molecule has 140 valence electrons. The van der Waals surface area contributed by atoms with E-state index in [2.05, 4.69) is 36.1 Å². The maximum Gasteiger partial charge on any atom is 0.166 e. The Morgan fingerprint density at radius 2 is 1.81 bits per heavy atom. The topological polar surface area (TPSA) is 40.2 Å². The van der Waals surface area contributed by atoms with Gasteiger partial charge in [0.15, 0.2) is 23.0 Å². The van der Waals surface area contributed by atoms with Crippen molar-refractivity contribution in [3.63, 3.8) is 0 Å². The van der Waals surface area contributed by atoms with Gasteiger partial charge in [0.1, 0.15) is 13.2 Å². The zero-order valence-electron chi connectivity index (χ0n) is 15.9. The summed E-state index contributed by atoms with van der Waals surface area (Å²) in [5.41, 5.74) is 6.15. The van der Waals surface area contributed by atoms with E-state index in [0.717, 1.165) is 36.0 Å². The summed E-state index contributed by atoms with van der Waals surface area (Å²) >= 11 is 0. The first-order valence-electron chi connectivity index (χ1n) is 9.37. The highest BCUT2D eigenvalue weighted by Crippen LogP contribution is 2.49. The van der Waals surface area contributed by atoms with Crippen molar-refractivity contribution >= 4 is 11.8 Å². The molecule has 3 aliphatic rings. The van der Waals surface area contributed by atoms with Gasteiger partial charge in [0.2, 0.25) is 0 Å². The van der Waals surface area contributed by atoms with Crippen LogP contribution in [0, 0.1) is 0 Å². The standard InChI is InChI=1S/C22H23NO4/c1-13-21-15(4-5-18(24-2)22(21)25-3)10-17-16-12-20-19(26-8-9-27-20)11-14(16)6-7-23(13)17/h4-5,10-13H,6-9H2,1-3H3/t13-/m0/s1. The summed E-state index contributed by atoms with van der Waals surface area (Å²) in [5.74, 6) is 3.31. The molecule has 5 nitrogen and oxygen atoms in total. The molecule has 3 aliphatic heterocycles. The highest BCUT2D eigenvalue weighted by atomic mass is 16.6. The number of methoxy groups -OCH3 is 2. The molecule has 0 N–H and O–H groups in total. The van der Waals surface area contributed by atoms with Crippen LogP contribution in [0.5, 0.6) is 23.0 Å². The Bertz CT molecular complexity index is 950. The van der Waals surface area contributed by atoms with E-state index in [1.54, 1.807) is 14.2 Å². The maximum absolute atomic E-state index is 5.83. The van der Waals surface area contributed by atoms with Gasteiger partial charge >= 0.3 is 0 Å². The van der Waals surface area contributed by atoms with Gasteiger partial charge in [0.05, 0.1) is 20.3 Å². The Labute approximate surface area is 159 Å². The first-order valence-corrected chi connectivity index (χ1v) is 9.37. The summed E-state index contributed by atoms with van der Waals surface area (Å²) in [4.78, 5) is 2.45. The summed E-state index contributed by atoms with van der Waals surface area (Å²) in [6.07, 6.45) is 3.24. The molecule has 0 bridgehead atoms. The summed E-state index contributed by atoms with van der Waals surface area (Å²) in [5, 5.41) is 0. The van der Waals surface area contributed by atoms with E-state index in [4.69, 9.17) is 18.9 Å². The van der Waals surface area contributed by atoms with Gasteiger partial charge in [0.25, 0.3) is 0 Å². The third-order valence-electron chi connectivity index (χ3n) is 5.77. The monoisotopic (exact) mass is 365 g/mol. The molecule has 0 saturated heterocycles.